The van der Waals surface area contributed by atoms with Crippen molar-refractivity contribution in [3.63, 3.8) is 0 Å². The van der Waals surface area contributed by atoms with Gasteiger partial charge >= 0.3 is 0 Å². The van der Waals surface area contributed by atoms with E-state index in [9.17, 15) is 4.79 Å². The molecule has 130 valence electrons. The molecule has 1 saturated heterocycles. The van der Waals surface area contributed by atoms with Gasteiger partial charge in [0.15, 0.2) is 0 Å². The van der Waals surface area contributed by atoms with Crippen molar-refractivity contribution in [2.45, 2.75) is 25.9 Å². The van der Waals surface area contributed by atoms with E-state index in [0.29, 0.717) is 24.8 Å². The number of amides is 1. The molecule has 0 radical (unpaired) electrons. The Morgan fingerprint density at radius 2 is 2.04 bits per heavy atom. The minimum absolute atomic E-state index is 0.0408. The van der Waals surface area contributed by atoms with Crippen LogP contribution < -0.4 is 0 Å². The second-order valence-electron chi connectivity index (χ2n) is 7.17. The molecule has 1 saturated carbocycles. The van der Waals surface area contributed by atoms with Crippen molar-refractivity contribution in [3.05, 3.63) is 60.2 Å². The summed E-state index contributed by atoms with van der Waals surface area (Å²) in [5.41, 5.74) is 1.58. The van der Waals surface area contributed by atoms with Crippen LogP contribution in [0.4, 0.5) is 0 Å². The van der Waals surface area contributed by atoms with Crippen molar-refractivity contribution in [1.29, 1.82) is 0 Å². The van der Waals surface area contributed by atoms with Gasteiger partial charge in [-0.1, -0.05) is 18.6 Å². The number of pyridine rings is 2. The Hall–Kier alpha value is -2.27. The maximum absolute atomic E-state index is 12.7. The van der Waals surface area contributed by atoms with Crippen molar-refractivity contribution in [2.75, 3.05) is 19.7 Å². The number of carbonyl (C=O) groups is 1. The summed E-state index contributed by atoms with van der Waals surface area (Å²) in [6.45, 7) is 2.82. The summed E-state index contributed by atoms with van der Waals surface area (Å²) in [7, 11) is 0. The van der Waals surface area contributed by atoms with E-state index in [1.807, 2.05) is 35.2 Å². The lowest BCUT2D eigenvalue weighted by atomic mass is 9.81. The maximum Gasteiger partial charge on any atom is 0.272 e. The predicted octanol–water partition coefficient (Wildman–Crippen LogP) is 2.94. The number of aromatic nitrogens is 2. The quantitative estimate of drug-likeness (QED) is 0.842. The highest BCUT2D eigenvalue weighted by Gasteiger charge is 2.50. The van der Waals surface area contributed by atoms with Gasteiger partial charge in [0.2, 0.25) is 0 Å². The zero-order valence-corrected chi connectivity index (χ0v) is 14.3. The van der Waals surface area contributed by atoms with Crippen LogP contribution in [-0.2, 0) is 11.3 Å². The van der Waals surface area contributed by atoms with Gasteiger partial charge in [-0.3, -0.25) is 14.8 Å². The van der Waals surface area contributed by atoms with Gasteiger partial charge < -0.3 is 9.64 Å². The van der Waals surface area contributed by atoms with Crippen molar-refractivity contribution in [1.82, 2.24) is 14.9 Å². The van der Waals surface area contributed by atoms with Gasteiger partial charge in [0.05, 0.1) is 18.9 Å². The van der Waals surface area contributed by atoms with Gasteiger partial charge in [0, 0.05) is 30.9 Å². The molecule has 2 atom stereocenters. The maximum atomic E-state index is 12.7. The number of hydrogen-bond donors (Lipinski definition) is 0. The molecule has 0 aromatic carbocycles. The normalized spacial score (nSPS) is 25.1. The van der Waals surface area contributed by atoms with Crippen LogP contribution in [0.1, 0.15) is 35.4 Å². The summed E-state index contributed by atoms with van der Waals surface area (Å²) < 4.78 is 6.03. The minimum Gasteiger partial charge on any atom is -0.375 e. The van der Waals surface area contributed by atoms with E-state index in [4.69, 9.17) is 4.74 Å². The lowest BCUT2D eigenvalue weighted by Gasteiger charge is -2.28. The molecule has 25 heavy (non-hydrogen) atoms. The van der Waals surface area contributed by atoms with Gasteiger partial charge in [-0.05, 0) is 43.0 Å². The summed E-state index contributed by atoms with van der Waals surface area (Å²) in [5, 5.41) is 0. The standard InChI is InChI=1S/C20H23N3O2/c24-19(18-8-2-4-11-22-18)23-12-16-6-5-9-20(16,14-23)15-25-13-17-7-1-3-10-21-17/h1-4,7-8,10-11,16H,5-6,9,12-15H2/t16-,20+/m0/s1. The molecule has 4 rings (SSSR count). The van der Waals surface area contributed by atoms with Crippen LogP contribution >= 0.6 is 0 Å². The Kier molecular flexibility index (Phi) is 4.49. The highest BCUT2D eigenvalue weighted by molar-refractivity contribution is 5.92. The second kappa shape index (κ2) is 6.92. The number of carbonyl (C=O) groups excluding carboxylic acids is 1. The molecule has 2 aliphatic rings. The summed E-state index contributed by atoms with van der Waals surface area (Å²) in [6, 6.07) is 11.4. The number of nitrogens with zero attached hydrogens (tertiary/aromatic N) is 3. The Bertz CT molecular complexity index is 722. The topological polar surface area (TPSA) is 55.3 Å². The number of hydrogen-bond acceptors (Lipinski definition) is 4. The second-order valence-corrected chi connectivity index (χ2v) is 7.17. The zero-order valence-electron chi connectivity index (χ0n) is 14.3. The van der Waals surface area contributed by atoms with Gasteiger partial charge in [0.1, 0.15) is 5.69 Å². The molecule has 0 N–H and O–H groups in total. The van der Waals surface area contributed by atoms with E-state index in [0.717, 1.165) is 25.2 Å². The highest BCUT2D eigenvalue weighted by Crippen LogP contribution is 2.49. The highest BCUT2D eigenvalue weighted by atomic mass is 16.5. The molecule has 2 aromatic rings. The van der Waals surface area contributed by atoms with E-state index in [-0.39, 0.29) is 11.3 Å². The van der Waals surface area contributed by atoms with E-state index >= 15 is 0 Å². The van der Waals surface area contributed by atoms with E-state index in [2.05, 4.69) is 9.97 Å². The van der Waals surface area contributed by atoms with Crippen molar-refractivity contribution >= 4 is 5.91 Å². The summed E-state index contributed by atoms with van der Waals surface area (Å²) in [4.78, 5) is 23.2. The molecule has 0 spiro atoms. The third kappa shape index (κ3) is 3.29. The van der Waals surface area contributed by atoms with Gasteiger partial charge in [-0.25, -0.2) is 0 Å². The fraction of sp³-hybridized carbons (Fsp3) is 0.450. The molecule has 5 nitrogen and oxygen atoms in total. The lowest BCUT2D eigenvalue weighted by Crippen LogP contribution is -2.35. The number of ether oxygens (including phenoxy) is 1. The minimum atomic E-state index is 0.0408. The first kappa shape index (κ1) is 16.2. The van der Waals surface area contributed by atoms with Crippen molar-refractivity contribution in [3.8, 4) is 0 Å². The van der Waals surface area contributed by atoms with Crippen LogP contribution in [0.5, 0.6) is 0 Å². The number of fused-ring (bicyclic) bond motifs is 1. The third-order valence-corrected chi connectivity index (χ3v) is 5.58. The van der Waals surface area contributed by atoms with E-state index in [1.165, 1.54) is 12.8 Å². The fourth-order valence-electron chi connectivity index (χ4n) is 4.30. The summed E-state index contributed by atoms with van der Waals surface area (Å²) >= 11 is 0. The number of likely N-dealkylation sites (tertiary alicyclic amines) is 1. The molecular formula is C20H23N3O2. The Balaban J connectivity index is 1.41. The largest absolute Gasteiger partial charge is 0.375 e. The summed E-state index contributed by atoms with van der Waals surface area (Å²) in [6.07, 6.45) is 7.00. The predicted molar refractivity (Wildman–Crippen MR) is 93.8 cm³/mol. The van der Waals surface area contributed by atoms with Gasteiger partial charge in [0.25, 0.3) is 5.91 Å². The van der Waals surface area contributed by atoms with Crippen molar-refractivity contribution < 1.29 is 9.53 Å². The molecule has 1 amide bonds. The monoisotopic (exact) mass is 337 g/mol. The van der Waals surface area contributed by atoms with E-state index in [1.54, 1.807) is 18.5 Å². The molecular weight excluding hydrogens is 314 g/mol. The van der Waals surface area contributed by atoms with E-state index < -0.39 is 0 Å². The fourth-order valence-corrected chi connectivity index (χ4v) is 4.30. The molecule has 2 fully saturated rings. The molecule has 0 unspecified atom stereocenters. The molecule has 1 aliphatic carbocycles. The lowest BCUT2D eigenvalue weighted by molar-refractivity contribution is 0.0252. The number of rotatable bonds is 5. The van der Waals surface area contributed by atoms with Crippen molar-refractivity contribution in [2.24, 2.45) is 11.3 Å². The summed E-state index contributed by atoms with van der Waals surface area (Å²) in [5.74, 6) is 0.572. The Morgan fingerprint density at radius 3 is 2.80 bits per heavy atom. The molecule has 0 bridgehead atoms. The van der Waals surface area contributed by atoms with Crippen LogP contribution in [0, 0.1) is 11.3 Å². The first-order valence-electron chi connectivity index (χ1n) is 8.95. The molecule has 3 heterocycles. The van der Waals surface area contributed by atoms with Crippen LogP contribution in [0.25, 0.3) is 0 Å². The SMILES string of the molecule is O=C(c1ccccn1)N1C[C@@H]2CCC[C@]2(COCc2ccccn2)C1. The van der Waals surface area contributed by atoms with Crippen LogP contribution in [0.2, 0.25) is 0 Å². The Morgan fingerprint density at radius 1 is 1.20 bits per heavy atom. The zero-order chi connectivity index (χ0) is 17.1. The third-order valence-electron chi connectivity index (χ3n) is 5.58. The van der Waals surface area contributed by atoms with Gasteiger partial charge in [-0.15, -0.1) is 0 Å². The average Bonchev–Trinajstić information content (AvgIpc) is 3.20. The van der Waals surface area contributed by atoms with Gasteiger partial charge in [-0.2, -0.15) is 0 Å². The molecule has 2 aromatic heterocycles. The first-order chi connectivity index (χ1) is 12.3. The molecule has 5 heteroatoms. The van der Waals surface area contributed by atoms with Crippen LogP contribution in [0.15, 0.2) is 48.8 Å². The first-order valence-corrected chi connectivity index (χ1v) is 8.95. The average molecular weight is 337 g/mol. The smallest absolute Gasteiger partial charge is 0.272 e. The molecule has 1 aliphatic heterocycles. The van der Waals surface area contributed by atoms with Crippen LogP contribution in [-0.4, -0.2) is 40.5 Å². The van der Waals surface area contributed by atoms with Crippen LogP contribution in [0.3, 0.4) is 0 Å². The Labute approximate surface area is 148 Å².